The third-order valence-corrected chi connectivity index (χ3v) is 5.91. The number of carboxylic acid groups (broad SMARTS) is 1. The largest absolute Gasteiger partial charge is 0.476 e. The zero-order chi connectivity index (χ0) is 23.9. The monoisotopic (exact) mass is 443 g/mol. The summed E-state index contributed by atoms with van der Waals surface area (Å²) in [6.45, 7) is 7.70. The van der Waals surface area contributed by atoms with Crippen molar-refractivity contribution in [3.63, 3.8) is 0 Å². The minimum absolute atomic E-state index is 0.216. The molecule has 0 aliphatic rings. The quantitative estimate of drug-likeness (QED) is 0.443. The number of hydrogen-bond donors (Lipinski definition) is 1. The Labute approximate surface area is 190 Å². The number of aromatic nitrogens is 3. The van der Waals surface area contributed by atoms with Gasteiger partial charge in [0.05, 0.1) is 5.39 Å². The fraction of sp³-hybridized carbons (Fsp3) is 0.231. The second-order valence-electron chi connectivity index (χ2n) is 8.45. The lowest BCUT2D eigenvalue weighted by Gasteiger charge is -2.12. The Morgan fingerprint density at radius 2 is 1.64 bits per heavy atom. The molecule has 7 heteroatoms. The van der Waals surface area contributed by atoms with Gasteiger partial charge in [0, 0.05) is 28.0 Å². The maximum Gasteiger partial charge on any atom is 0.357 e. The first kappa shape index (κ1) is 22.2. The number of carbonyl (C=O) groups excluding carboxylic acids is 1. The van der Waals surface area contributed by atoms with Crippen molar-refractivity contribution >= 4 is 22.5 Å². The van der Waals surface area contributed by atoms with Gasteiger partial charge in [0.2, 0.25) is 0 Å². The van der Waals surface area contributed by atoms with Gasteiger partial charge < -0.3 is 9.67 Å². The van der Waals surface area contributed by atoms with E-state index >= 15 is 0 Å². The van der Waals surface area contributed by atoms with Crippen molar-refractivity contribution in [3.8, 4) is 5.69 Å². The molecule has 2 aromatic carbocycles. The second kappa shape index (κ2) is 8.50. The van der Waals surface area contributed by atoms with Crippen molar-refractivity contribution in [1.82, 2.24) is 14.3 Å². The van der Waals surface area contributed by atoms with E-state index in [0.717, 1.165) is 21.8 Å². The molecule has 0 spiro atoms. The Balaban J connectivity index is 1.73. The lowest BCUT2D eigenvalue weighted by molar-refractivity contribution is 0.0688. The fourth-order valence-electron chi connectivity index (χ4n) is 4.17. The molecule has 0 radical (unpaired) electrons. The average Bonchev–Trinajstić information content (AvgIpc) is 3.09. The predicted molar refractivity (Wildman–Crippen MR) is 127 cm³/mol. The van der Waals surface area contributed by atoms with Crippen LogP contribution in [-0.4, -0.2) is 31.2 Å². The molecular weight excluding hydrogens is 418 g/mol. The minimum atomic E-state index is -1.25. The first-order valence-corrected chi connectivity index (χ1v) is 10.7. The van der Waals surface area contributed by atoms with Gasteiger partial charge in [-0.3, -0.25) is 9.59 Å². The molecule has 2 aromatic heterocycles. The van der Waals surface area contributed by atoms with Gasteiger partial charge in [-0.2, -0.15) is 5.10 Å². The molecule has 0 bridgehead atoms. The molecule has 168 valence electrons. The average molecular weight is 444 g/mol. The molecule has 2 heterocycles. The van der Waals surface area contributed by atoms with Gasteiger partial charge in [0.25, 0.3) is 5.56 Å². The Kier molecular flexibility index (Phi) is 5.72. The zero-order valence-corrected chi connectivity index (χ0v) is 19.0. The number of fused-ring (bicyclic) bond motifs is 1. The summed E-state index contributed by atoms with van der Waals surface area (Å²) in [5, 5.41) is 14.0. The standard InChI is InChI=1S/C26H25N3O4/c1-15(2)18-9-11-19(12-10-18)29-16(3)13-22(17(29)4)23(30)14-28-25(31)21-8-6-5-7-20(21)24(27-28)26(32)33/h5-13,15H,14H2,1-4H3,(H,32,33). The lowest BCUT2D eigenvalue weighted by Crippen LogP contribution is -2.29. The number of hydrogen-bond acceptors (Lipinski definition) is 4. The van der Waals surface area contributed by atoms with Crippen LogP contribution < -0.4 is 5.56 Å². The normalized spacial score (nSPS) is 11.3. The number of benzene rings is 2. The highest BCUT2D eigenvalue weighted by Gasteiger charge is 2.21. The summed E-state index contributed by atoms with van der Waals surface area (Å²) in [7, 11) is 0. The first-order valence-electron chi connectivity index (χ1n) is 10.7. The maximum absolute atomic E-state index is 13.2. The third-order valence-electron chi connectivity index (χ3n) is 5.91. The highest BCUT2D eigenvalue weighted by Crippen LogP contribution is 2.24. The van der Waals surface area contributed by atoms with Crippen LogP contribution in [0.4, 0.5) is 0 Å². The minimum Gasteiger partial charge on any atom is -0.476 e. The van der Waals surface area contributed by atoms with Crippen LogP contribution in [-0.2, 0) is 6.54 Å². The molecule has 4 aromatic rings. The smallest absolute Gasteiger partial charge is 0.357 e. The van der Waals surface area contributed by atoms with Crippen molar-refractivity contribution in [2.75, 3.05) is 0 Å². The Bertz CT molecular complexity index is 1440. The van der Waals surface area contributed by atoms with Crippen LogP contribution in [0.2, 0.25) is 0 Å². The summed E-state index contributed by atoms with van der Waals surface area (Å²) >= 11 is 0. The van der Waals surface area contributed by atoms with E-state index in [2.05, 4.69) is 31.1 Å². The number of aromatic carboxylic acids is 1. The van der Waals surface area contributed by atoms with Crippen molar-refractivity contribution in [2.24, 2.45) is 0 Å². The van der Waals surface area contributed by atoms with E-state index in [9.17, 15) is 19.5 Å². The van der Waals surface area contributed by atoms with Crippen molar-refractivity contribution in [2.45, 2.75) is 40.2 Å². The molecule has 0 aliphatic heterocycles. The van der Waals surface area contributed by atoms with Gasteiger partial charge in [-0.1, -0.05) is 44.2 Å². The lowest BCUT2D eigenvalue weighted by atomic mass is 10.0. The predicted octanol–water partition coefficient (Wildman–Crippen LogP) is 4.51. The highest BCUT2D eigenvalue weighted by molar-refractivity contribution is 6.01. The van der Waals surface area contributed by atoms with E-state index < -0.39 is 11.5 Å². The van der Waals surface area contributed by atoms with Gasteiger partial charge in [0.1, 0.15) is 6.54 Å². The number of carboxylic acids is 1. The molecule has 0 unspecified atom stereocenters. The van der Waals surface area contributed by atoms with Crippen LogP contribution in [0.5, 0.6) is 0 Å². The van der Waals surface area contributed by atoms with Crippen LogP contribution in [0.25, 0.3) is 16.5 Å². The number of Topliss-reactive ketones (excluding diaryl/α,β-unsaturated/α-hetero) is 1. The maximum atomic E-state index is 13.2. The number of aryl methyl sites for hydroxylation is 1. The van der Waals surface area contributed by atoms with Crippen molar-refractivity contribution in [1.29, 1.82) is 0 Å². The molecule has 0 saturated heterocycles. The summed E-state index contributed by atoms with van der Waals surface area (Å²) < 4.78 is 2.94. The molecule has 7 nitrogen and oxygen atoms in total. The number of rotatable bonds is 6. The molecule has 0 fully saturated rings. The third kappa shape index (κ3) is 3.98. The summed E-state index contributed by atoms with van der Waals surface area (Å²) in [6, 6.07) is 16.4. The van der Waals surface area contributed by atoms with E-state index in [1.54, 1.807) is 24.3 Å². The molecule has 4 rings (SSSR count). The van der Waals surface area contributed by atoms with E-state index in [1.165, 1.54) is 11.6 Å². The number of nitrogens with zero attached hydrogens (tertiary/aromatic N) is 3. The zero-order valence-electron chi connectivity index (χ0n) is 19.0. The molecule has 0 amide bonds. The summed E-state index contributed by atoms with van der Waals surface area (Å²) in [5.74, 6) is -1.14. The summed E-state index contributed by atoms with van der Waals surface area (Å²) in [6.07, 6.45) is 0. The molecular formula is C26H25N3O4. The topological polar surface area (TPSA) is 94.2 Å². The van der Waals surface area contributed by atoms with E-state index in [-0.39, 0.29) is 28.8 Å². The Hall–Kier alpha value is -4.00. The van der Waals surface area contributed by atoms with Crippen LogP contribution in [0.15, 0.2) is 59.4 Å². The van der Waals surface area contributed by atoms with E-state index in [0.29, 0.717) is 11.5 Å². The van der Waals surface area contributed by atoms with Gasteiger partial charge in [-0.25, -0.2) is 9.48 Å². The van der Waals surface area contributed by atoms with Gasteiger partial charge in [-0.15, -0.1) is 0 Å². The van der Waals surface area contributed by atoms with Crippen LogP contribution >= 0.6 is 0 Å². The molecule has 1 N–H and O–H groups in total. The van der Waals surface area contributed by atoms with Crippen molar-refractivity contribution in [3.05, 3.63) is 93.2 Å². The first-order chi connectivity index (χ1) is 15.7. The van der Waals surface area contributed by atoms with Gasteiger partial charge in [0.15, 0.2) is 11.5 Å². The number of ketones is 1. The Morgan fingerprint density at radius 1 is 1.00 bits per heavy atom. The number of carbonyl (C=O) groups is 2. The molecule has 33 heavy (non-hydrogen) atoms. The molecule has 0 saturated carbocycles. The van der Waals surface area contributed by atoms with Crippen molar-refractivity contribution < 1.29 is 14.7 Å². The SMILES string of the molecule is Cc1cc(C(=O)Cn2nc(C(=O)O)c3ccccc3c2=O)c(C)n1-c1ccc(C(C)C)cc1. The van der Waals surface area contributed by atoms with Crippen LogP contribution in [0.3, 0.4) is 0 Å². The Morgan fingerprint density at radius 3 is 2.24 bits per heavy atom. The van der Waals surface area contributed by atoms with Gasteiger partial charge >= 0.3 is 5.97 Å². The van der Waals surface area contributed by atoms with E-state index in [1.807, 2.05) is 30.5 Å². The molecule has 0 aliphatic carbocycles. The summed E-state index contributed by atoms with van der Waals surface area (Å²) in [5.41, 5.74) is 3.53. The van der Waals surface area contributed by atoms with Crippen LogP contribution in [0.1, 0.15) is 57.6 Å². The fourth-order valence-corrected chi connectivity index (χ4v) is 4.17. The van der Waals surface area contributed by atoms with E-state index in [4.69, 9.17) is 0 Å². The highest BCUT2D eigenvalue weighted by atomic mass is 16.4. The summed E-state index contributed by atoms with van der Waals surface area (Å²) in [4.78, 5) is 37.8. The van der Waals surface area contributed by atoms with Gasteiger partial charge in [-0.05, 0) is 49.6 Å². The second-order valence-corrected chi connectivity index (χ2v) is 8.45. The molecule has 0 atom stereocenters. The van der Waals surface area contributed by atoms with Crippen LogP contribution in [0, 0.1) is 13.8 Å².